The standard InChI is InChI=1S/C49H32N6O5/c1-4-10-39-36(7-1)50-47(53(39)33-14-13-29-19-20-56-44(29)24-33)30-21-31(48-51-37-8-2-5-11-40(37)54(48)34-15-17-42-45(25-34)59-27-57-42)23-32(22-30)49-52-38-9-3-6-12-41(38)55(49)35-16-18-43-46(26-35)60-28-58-43/h1-18,21-26H,19-20,27-28H2. The van der Waals surface area contributed by atoms with Crippen LogP contribution in [0.3, 0.4) is 0 Å². The average Bonchev–Trinajstić information content (AvgIpc) is 4.15. The number of imidazole rings is 3. The third-order valence-electron chi connectivity index (χ3n) is 11.6. The number of hydrogen-bond acceptors (Lipinski definition) is 8. The molecule has 0 N–H and O–H groups in total. The van der Waals surface area contributed by atoms with Gasteiger partial charge in [-0.1, -0.05) is 42.5 Å². The second-order valence-corrected chi connectivity index (χ2v) is 15.0. The maximum absolute atomic E-state index is 6.08. The Morgan fingerprint density at radius 3 is 1.23 bits per heavy atom. The predicted octanol–water partition coefficient (Wildman–Crippen LogP) is 10.1. The van der Waals surface area contributed by atoms with E-state index in [1.54, 1.807) is 0 Å². The van der Waals surface area contributed by atoms with E-state index in [2.05, 4.69) is 80.4 Å². The molecule has 0 fully saturated rings. The van der Waals surface area contributed by atoms with E-state index in [0.29, 0.717) is 29.6 Å². The SMILES string of the molecule is c1ccc2c(c1)nc(-c1cc(-c3nc4ccccc4n3-c3ccc4c(c3)OCO4)cc(-c3nc4ccccc4n3-c3ccc4c(c3)OCO4)c1)n2-c1ccc2c(c1)OCC2. The van der Waals surface area contributed by atoms with Crippen molar-refractivity contribution in [1.82, 2.24) is 28.7 Å². The molecule has 0 spiro atoms. The number of benzene rings is 7. The summed E-state index contributed by atoms with van der Waals surface area (Å²) in [4.78, 5) is 16.0. The smallest absolute Gasteiger partial charge is 0.231 e. The minimum atomic E-state index is 0.184. The van der Waals surface area contributed by atoms with Gasteiger partial charge < -0.3 is 23.7 Å². The van der Waals surface area contributed by atoms with Crippen molar-refractivity contribution in [3.63, 3.8) is 0 Å². The minimum absolute atomic E-state index is 0.184. The molecule has 3 aliphatic rings. The largest absolute Gasteiger partial charge is 0.493 e. The van der Waals surface area contributed by atoms with Crippen LogP contribution in [-0.2, 0) is 6.42 Å². The van der Waals surface area contributed by atoms with Gasteiger partial charge in [-0.2, -0.15) is 0 Å². The topological polar surface area (TPSA) is 99.6 Å². The van der Waals surface area contributed by atoms with Crippen molar-refractivity contribution < 1.29 is 23.7 Å². The number of para-hydroxylation sites is 6. The lowest BCUT2D eigenvalue weighted by atomic mass is 10.0. The van der Waals surface area contributed by atoms with Crippen molar-refractivity contribution >= 4 is 33.1 Å². The van der Waals surface area contributed by atoms with Crippen molar-refractivity contribution in [2.24, 2.45) is 0 Å². The maximum Gasteiger partial charge on any atom is 0.231 e. The molecule has 11 nitrogen and oxygen atoms in total. The highest BCUT2D eigenvalue weighted by Gasteiger charge is 2.25. The molecule has 13 rings (SSSR count). The monoisotopic (exact) mass is 784 g/mol. The van der Waals surface area contributed by atoms with Gasteiger partial charge in [0.05, 0.1) is 56.8 Å². The van der Waals surface area contributed by atoms with Crippen LogP contribution in [0.25, 0.3) is 84.3 Å². The number of fused-ring (bicyclic) bond motifs is 6. The summed E-state index contributed by atoms with van der Waals surface area (Å²) < 4.78 is 35.8. The Labute approximate surface area is 342 Å². The Bertz CT molecular complexity index is 3030. The number of aromatic nitrogens is 6. The summed E-state index contributed by atoms with van der Waals surface area (Å²) in [6, 6.07) is 49.6. The van der Waals surface area contributed by atoms with Gasteiger partial charge in [-0.25, -0.2) is 15.0 Å². The van der Waals surface area contributed by atoms with Crippen molar-refractivity contribution in [3.8, 4) is 80.0 Å². The lowest BCUT2D eigenvalue weighted by Gasteiger charge is -2.16. The Morgan fingerprint density at radius 2 is 0.767 bits per heavy atom. The lowest BCUT2D eigenvalue weighted by Crippen LogP contribution is -2.02. The Balaban J connectivity index is 1.11. The molecule has 3 aliphatic heterocycles. The molecule has 7 aromatic carbocycles. The van der Waals surface area contributed by atoms with E-state index in [0.717, 1.165) is 96.5 Å². The predicted molar refractivity (Wildman–Crippen MR) is 228 cm³/mol. The summed E-state index contributed by atoms with van der Waals surface area (Å²) in [5.41, 5.74) is 12.1. The van der Waals surface area contributed by atoms with Crippen molar-refractivity contribution in [3.05, 3.63) is 151 Å². The van der Waals surface area contributed by atoms with E-state index < -0.39 is 0 Å². The zero-order chi connectivity index (χ0) is 39.3. The molecule has 0 saturated carbocycles. The summed E-state index contributed by atoms with van der Waals surface area (Å²) in [5, 5.41) is 0. The van der Waals surface area contributed by atoms with E-state index in [1.807, 2.05) is 78.9 Å². The van der Waals surface area contributed by atoms with Crippen molar-refractivity contribution in [1.29, 1.82) is 0 Å². The molecule has 3 aromatic heterocycles. The first kappa shape index (κ1) is 33.0. The lowest BCUT2D eigenvalue weighted by molar-refractivity contribution is 0.173. The van der Waals surface area contributed by atoms with E-state index in [1.165, 1.54) is 5.56 Å². The molecule has 6 heterocycles. The maximum atomic E-state index is 6.08. The zero-order valence-electron chi connectivity index (χ0n) is 31.9. The third kappa shape index (κ3) is 5.05. The van der Waals surface area contributed by atoms with Gasteiger partial charge >= 0.3 is 0 Å². The van der Waals surface area contributed by atoms with Crippen LogP contribution in [0.4, 0.5) is 0 Å². The number of ether oxygens (including phenoxy) is 5. The van der Waals surface area contributed by atoms with E-state index in [4.69, 9.17) is 38.6 Å². The summed E-state index contributed by atoms with van der Waals surface area (Å²) in [6.07, 6.45) is 0.896. The van der Waals surface area contributed by atoms with Crippen LogP contribution < -0.4 is 23.7 Å². The molecule has 10 aromatic rings. The molecule has 11 heteroatoms. The van der Waals surface area contributed by atoms with Gasteiger partial charge in [0, 0.05) is 41.3 Å². The van der Waals surface area contributed by atoms with Crippen LogP contribution in [0.15, 0.2) is 146 Å². The minimum Gasteiger partial charge on any atom is -0.493 e. The average molecular weight is 785 g/mol. The number of hydrogen-bond donors (Lipinski definition) is 0. The first-order chi connectivity index (χ1) is 29.7. The summed E-state index contributed by atoms with van der Waals surface area (Å²) in [7, 11) is 0. The normalized spacial score (nSPS) is 13.7. The second kappa shape index (κ2) is 12.7. The van der Waals surface area contributed by atoms with Gasteiger partial charge in [0.1, 0.15) is 23.2 Å². The molecular weight excluding hydrogens is 753 g/mol. The highest BCUT2D eigenvalue weighted by molar-refractivity contribution is 5.90. The molecule has 0 bridgehead atoms. The quantitative estimate of drug-likeness (QED) is 0.164. The molecule has 288 valence electrons. The fourth-order valence-corrected chi connectivity index (χ4v) is 8.80. The Morgan fingerprint density at radius 1 is 0.367 bits per heavy atom. The van der Waals surface area contributed by atoms with Gasteiger partial charge in [0.15, 0.2) is 23.0 Å². The Kier molecular flexibility index (Phi) is 6.99. The summed E-state index contributed by atoms with van der Waals surface area (Å²) in [6.45, 7) is 1.04. The Hall–Kier alpha value is -8.05. The second-order valence-electron chi connectivity index (χ2n) is 15.0. The van der Waals surface area contributed by atoms with Gasteiger partial charge in [0.2, 0.25) is 13.6 Å². The van der Waals surface area contributed by atoms with Crippen LogP contribution >= 0.6 is 0 Å². The van der Waals surface area contributed by atoms with Crippen LogP contribution in [0.2, 0.25) is 0 Å². The fraction of sp³-hybridized carbons (Fsp3) is 0.0816. The summed E-state index contributed by atoms with van der Waals surface area (Å²) in [5.74, 6) is 5.98. The van der Waals surface area contributed by atoms with Crippen molar-refractivity contribution in [2.75, 3.05) is 20.2 Å². The van der Waals surface area contributed by atoms with E-state index >= 15 is 0 Å². The third-order valence-corrected chi connectivity index (χ3v) is 11.6. The van der Waals surface area contributed by atoms with E-state index in [-0.39, 0.29) is 13.6 Å². The first-order valence-corrected chi connectivity index (χ1v) is 19.8. The molecule has 0 radical (unpaired) electrons. The van der Waals surface area contributed by atoms with Gasteiger partial charge in [-0.15, -0.1) is 0 Å². The van der Waals surface area contributed by atoms with Crippen LogP contribution in [0.1, 0.15) is 5.56 Å². The van der Waals surface area contributed by atoms with Crippen LogP contribution in [0, 0.1) is 0 Å². The van der Waals surface area contributed by atoms with E-state index in [9.17, 15) is 0 Å². The molecule has 60 heavy (non-hydrogen) atoms. The van der Waals surface area contributed by atoms with Gasteiger partial charge in [-0.3, -0.25) is 13.7 Å². The molecule has 0 atom stereocenters. The highest BCUT2D eigenvalue weighted by Crippen LogP contribution is 2.42. The molecular formula is C49H32N6O5. The summed E-state index contributed by atoms with van der Waals surface area (Å²) >= 11 is 0. The fourth-order valence-electron chi connectivity index (χ4n) is 8.80. The van der Waals surface area contributed by atoms with Crippen LogP contribution in [-0.4, -0.2) is 48.8 Å². The first-order valence-electron chi connectivity index (χ1n) is 19.8. The molecule has 0 saturated heterocycles. The molecule has 0 amide bonds. The highest BCUT2D eigenvalue weighted by atomic mass is 16.7. The van der Waals surface area contributed by atoms with Crippen molar-refractivity contribution in [2.45, 2.75) is 6.42 Å². The van der Waals surface area contributed by atoms with Crippen LogP contribution in [0.5, 0.6) is 28.7 Å². The van der Waals surface area contributed by atoms with Gasteiger partial charge in [0.25, 0.3) is 0 Å². The molecule has 0 aliphatic carbocycles. The molecule has 0 unspecified atom stereocenters. The zero-order valence-corrected chi connectivity index (χ0v) is 31.9. The number of nitrogens with zero attached hydrogens (tertiary/aromatic N) is 6. The van der Waals surface area contributed by atoms with Gasteiger partial charge in [-0.05, 0) is 90.5 Å². The number of rotatable bonds is 6.